The summed E-state index contributed by atoms with van der Waals surface area (Å²) in [5.41, 5.74) is 0.848. The van der Waals surface area contributed by atoms with Gasteiger partial charge in [0, 0.05) is 32.5 Å². The lowest BCUT2D eigenvalue weighted by Gasteiger charge is -2.40. The van der Waals surface area contributed by atoms with Crippen LogP contribution in [-0.4, -0.2) is 38.5 Å². The van der Waals surface area contributed by atoms with Gasteiger partial charge < -0.3 is 9.33 Å². The number of hydrogen-bond donors (Lipinski definition) is 0. The van der Waals surface area contributed by atoms with E-state index < -0.39 is 13.9 Å². The van der Waals surface area contributed by atoms with Gasteiger partial charge in [0.1, 0.15) is 5.60 Å². The van der Waals surface area contributed by atoms with Crippen LogP contribution in [-0.2, 0) is 10.8 Å². The van der Waals surface area contributed by atoms with Crippen molar-refractivity contribution in [3.8, 4) is 6.07 Å². The number of likely N-dealkylation sites (tertiary alicyclic amines) is 1. The fourth-order valence-electron chi connectivity index (χ4n) is 2.89. The Morgan fingerprint density at radius 1 is 1.19 bits per heavy atom. The summed E-state index contributed by atoms with van der Waals surface area (Å²) in [5.74, 6) is 0. The molecule has 0 aromatic heterocycles. The van der Waals surface area contributed by atoms with Crippen molar-refractivity contribution in [1.82, 2.24) is 4.90 Å². The quantitative estimate of drug-likeness (QED) is 0.782. The van der Waals surface area contributed by atoms with E-state index in [0.29, 0.717) is 0 Å². The van der Waals surface area contributed by atoms with Crippen molar-refractivity contribution in [2.45, 2.75) is 44.5 Å². The number of nitriles is 1. The molecule has 1 aromatic rings. The first-order valence-corrected chi connectivity index (χ1v) is 11.2. The van der Waals surface area contributed by atoms with Gasteiger partial charge >= 0.3 is 0 Å². The van der Waals surface area contributed by atoms with Crippen LogP contribution in [0.3, 0.4) is 0 Å². The normalized spacial score (nSPS) is 19.1. The van der Waals surface area contributed by atoms with E-state index in [1.165, 1.54) is 5.56 Å². The minimum atomic E-state index is -1.67. The summed E-state index contributed by atoms with van der Waals surface area (Å²) in [6.07, 6.45) is 2.75. The van der Waals surface area contributed by atoms with Gasteiger partial charge in [-0.05, 0) is 31.6 Å². The van der Waals surface area contributed by atoms with Gasteiger partial charge in [-0.3, -0.25) is 0 Å². The molecule has 0 unspecified atom stereocenters. The van der Waals surface area contributed by atoms with Crippen LogP contribution in [0.1, 0.15) is 18.4 Å². The van der Waals surface area contributed by atoms with Gasteiger partial charge in [-0.15, -0.1) is 0 Å². The molecule has 0 saturated carbocycles. The van der Waals surface area contributed by atoms with Crippen LogP contribution in [0.15, 0.2) is 30.3 Å². The Morgan fingerprint density at radius 2 is 1.81 bits per heavy atom. The zero-order chi connectivity index (χ0) is 15.3. The molecule has 0 N–H and O–H groups in total. The van der Waals surface area contributed by atoms with E-state index in [1.807, 2.05) is 0 Å². The SMILES string of the molecule is C[Si](C)(C)OC1(C#N)CCN(CCc2ccccc2)CC1. The molecule has 1 fully saturated rings. The van der Waals surface area contributed by atoms with Crippen molar-refractivity contribution in [2.75, 3.05) is 19.6 Å². The van der Waals surface area contributed by atoms with Gasteiger partial charge in [0.2, 0.25) is 0 Å². The topological polar surface area (TPSA) is 36.3 Å². The molecule has 0 amide bonds. The molecule has 0 spiro atoms. The summed E-state index contributed by atoms with van der Waals surface area (Å²) in [6, 6.07) is 13.0. The van der Waals surface area contributed by atoms with Gasteiger partial charge in [0.15, 0.2) is 8.32 Å². The lowest BCUT2D eigenvalue weighted by atomic mass is 9.93. The van der Waals surface area contributed by atoms with Crippen molar-refractivity contribution >= 4 is 8.32 Å². The second-order valence-electron chi connectivity index (χ2n) is 6.90. The Morgan fingerprint density at radius 3 is 2.33 bits per heavy atom. The van der Waals surface area contributed by atoms with Crippen molar-refractivity contribution in [3.05, 3.63) is 35.9 Å². The molecule has 1 aromatic carbocycles. The third kappa shape index (κ3) is 4.96. The maximum atomic E-state index is 9.53. The van der Waals surface area contributed by atoms with Crippen molar-refractivity contribution in [2.24, 2.45) is 0 Å². The van der Waals surface area contributed by atoms with Crippen LogP contribution in [0.2, 0.25) is 19.6 Å². The molecular weight excluding hydrogens is 276 g/mol. The van der Waals surface area contributed by atoms with Crippen LogP contribution in [0.5, 0.6) is 0 Å². The van der Waals surface area contributed by atoms with E-state index in [1.54, 1.807) is 0 Å². The molecule has 1 aliphatic rings. The first-order valence-electron chi connectivity index (χ1n) is 7.80. The van der Waals surface area contributed by atoms with Gasteiger partial charge in [0.05, 0.1) is 6.07 Å². The first kappa shape index (κ1) is 16.2. The van der Waals surface area contributed by atoms with Crippen LogP contribution >= 0.6 is 0 Å². The highest BCUT2D eigenvalue weighted by Crippen LogP contribution is 2.29. The molecule has 3 nitrogen and oxygen atoms in total. The van der Waals surface area contributed by atoms with Gasteiger partial charge in [0.25, 0.3) is 0 Å². The molecule has 0 radical (unpaired) electrons. The smallest absolute Gasteiger partial charge is 0.185 e. The molecule has 1 heterocycles. The van der Waals surface area contributed by atoms with E-state index in [-0.39, 0.29) is 0 Å². The zero-order valence-corrected chi connectivity index (χ0v) is 14.4. The van der Waals surface area contributed by atoms with Crippen LogP contribution in [0, 0.1) is 11.3 Å². The second-order valence-corrected chi connectivity index (χ2v) is 11.3. The molecule has 114 valence electrons. The summed E-state index contributed by atoms with van der Waals surface area (Å²) in [5, 5.41) is 9.53. The summed E-state index contributed by atoms with van der Waals surface area (Å²) in [4.78, 5) is 2.45. The molecule has 0 bridgehead atoms. The van der Waals surface area contributed by atoms with Crippen molar-refractivity contribution in [3.63, 3.8) is 0 Å². The van der Waals surface area contributed by atoms with Crippen molar-refractivity contribution in [1.29, 1.82) is 5.26 Å². The molecule has 0 atom stereocenters. The lowest BCUT2D eigenvalue weighted by Crippen LogP contribution is -2.50. The Bertz CT molecular complexity index is 482. The Kier molecular flexibility index (Phi) is 5.21. The maximum Gasteiger partial charge on any atom is 0.185 e. The zero-order valence-electron chi connectivity index (χ0n) is 13.4. The Hall–Kier alpha value is -1.15. The summed E-state index contributed by atoms with van der Waals surface area (Å²) in [7, 11) is -1.67. The van der Waals surface area contributed by atoms with E-state index in [4.69, 9.17) is 4.43 Å². The minimum absolute atomic E-state index is 0.534. The van der Waals surface area contributed by atoms with Crippen LogP contribution in [0.4, 0.5) is 0 Å². The van der Waals surface area contributed by atoms with Gasteiger partial charge in [-0.25, -0.2) is 0 Å². The predicted octanol–water partition coefficient (Wildman–Crippen LogP) is 3.44. The number of benzene rings is 1. The molecule has 2 rings (SSSR count). The monoisotopic (exact) mass is 302 g/mol. The fraction of sp³-hybridized carbons (Fsp3) is 0.588. The van der Waals surface area contributed by atoms with Crippen molar-refractivity contribution < 1.29 is 4.43 Å². The number of rotatable bonds is 5. The molecular formula is C17H26N2OSi. The van der Waals surface area contributed by atoms with E-state index >= 15 is 0 Å². The highest BCUT2D eigenvalue weighted by molar-refractivity contribution is 6.69. The maximum absolute atomic E-state index is 9.53. The average molecular weight is 302 g/mol. The highest BCUT2D eigenvalue weighted by Gasteiger charge is 2.39. The predicted molar refractivity (Wildman–Crippen MR) is 88.6 cm³/mol. The molecule has 1 saturated heterocycles. The fourth-order valence-corrected chi connectivity index (χ4v) is 4.31. The number of hydrogen-bond acceptors (Lipinski definition) is 3. The minimum Gasteiger partial charge on any atom is -0.400 e. The largest absolute Gasteiger partial charge is 0.400 e. The summed E-state index contributed by atoms with van der Waals surface area (Å²) in [6.45, 7) is 9.48. The van der Waals surface area contributed by atoms with Crippen LogP contribution < -0.4 is 0 Å². The first-order chi connectivity index (χ1) is 9.92. The molecule has 1 aliphatic heterocycles. The third-order valence-electron chi connectivity index (χ3n) is 3.93. The summed E-state index contributed by atoms with van der Waals surface area (Å²) >= 11 is 0. The lowest BCUT2D eigenvalue weighted by molar-refractivity contribution is 0.0409. The van der Waals surface area contributed by atoms with E-state index in [0.717, 1.165) is 38.9 Å². The van der Waals surface area contributed by atoms with Crippen LogP contribution in [0.25, 0.3) is 0 Å². The Balaban J connectivity index is 1.84. The molecule has 0 aliphatic carbocycles. The van der Waals surface area contributed by atoms with E-state index in [9.17, 15) is 5.26 Å². The average Bonchev–Trinajstić information content (AvgIpc) is 2.46. The number of nitrogens with zero attached hydrogens (tertiary/aromatic N) is 2. The van der Waals surface area contributed by atoms with E-state index in [2.05, 4.69) is 60.9 Å². The van der Waals surface area contributed by atoms with Gasteiger partial charge in [-0.1, -0.05) is 30.3 Å². The van der Waals surface area contributed by atoms with Gasteiger partial charge in [-0.2, -0.15) is 5.26 Å². The molecule has 21 heavy (non-hydrogen) atoms. The second kappa shape index (κ2) is 6.74. The highest BCUT2D eigenvalue weighted by atomic mass is 28.4. The standard InChI is InChI=1S/C17H26N2OSi/c1-21(2,3)20-17(15-18)10-13-19(14-11-17)12-9-16-7-5-4-6-8-16/h4-8H,9-14H2,1-3H3. The number of piperidine rings is 1. The summed E-state index contributed by atoms with van der Waals surface area (Å²) < 4.78 is 6.18. The molecule has 4 heteroatoms. The Labute approximate surface area is 129 Å². The third-order valence-corrected chi connectivity index (χ3v) is 4.93.